The van der Waals surface area contributed by atoms with Crippen LogP contribution < -0.4 is 10.6 Å². The molecule has 2 N–H and O–H groups in total. The van der Waals surface area contributed by atoms with Crippen LogP contribution in [-0.4, -0.2) is 38.5 Å². The second kappa shape index (κ2) is 7.29. The van der Waals surface area contributed by atoms with Crippen molar-refractivity contribution in [2.45, 2.75) is 25.3 Å². The molecule has 8 nitrogen and oxygen atoms in total. The van der Waals surface area contributed by atoms with Crippen molar-refractivity contribution in [2.24, 2.45) is 0 Å². The number of rotatable bonds is 5. The zero-order chi connectivity index (χ0) is 21.5. The second-order valence-corrected chi connectivity index (χ2v) is 7.84. The maximum absolute atomic E-state index is 12.0. The molecule has 0 radical (unpaired) electrons. The minimum absolute atomic E-state index is 0.0277. The number of aromatic nitrogens is 3. The van der Waals surface area contributed by atoms with Crippen LogP contribution in [-0.2, 0) is 4.79 Å². The van der Waals surface area contributed by atoms with Crippen molar-refractivity contribution in [1.29, 1.82) is 5.26 Å². The molecular weight excluding hydrogens is 390 g/mol. The highest BCUT2D eigenvalue weighted by molar-refractivity contribution is 5.89. The summed E-state index contributed by atoms with van der Waals surface area (Å²) in [6.45, 7) is 4.02. The van der Waals surface area contributed by atoms with Crippen molar-refractivity contribution >= 4 is 35.0 Å². The molecule has 1 aliphatic carbocycles. The van der Waals surface area contributed by atoms with Gasteiger partial charge in [-0.2, -0.15) is 14.9 Å². The minimum Gasteiger partial charge on any atom is -0.367 e. The Morgan fingerprint density at radius 1 is 1.29 bits per heavy atom. The lowest BCUT2D eigenvalue weighted by atomic mass is 10.1. The average Bonchev–Trinajstić information content (AvgIpc) is 3.45. The molecule has 31 heavy (non-hydrogen) atoms. The molecular formula is C23H21N7O. The first-order valence-electron chi connectivity index (χ1n) is 10.1. The van der Waals surface area contributed by atoms with Crippen LogP contribution in [0.1, 0.15) is 30.4 Å². The summed E-state index contributed by atoms with van der Waals surface area (Å²) in [4.78, 5) is 18.4. The van der Waals surface area contributed by atoms with Gasteiger partial charge in [-0.1, -0.05) is 6.58 Å². The van der Waals surface area contributed by atoms with Gasteiger partial charge in [-0.05, 0) is 48.8 Å². The molecule has 154 valence electrons. The topological polar surface area (TPSA) is 98.4 Å². The van der Waals surface area contributed by atoms with Gasteiger partial charge in [0, 0.05) is 36.1 Å². The highest BCUT2D eigenvalue weighted by atomic mass is 16.2. The lowest BCUT2D eigenvalue weighted by Crippen LogP contribution is -2.16. The zero-order valence-corrected chi connectivity index (χ0v) is 17.1. The summed E-state index contributed by atoms with van der Waals surface area (Å²) >= 11 is 0. The monoisotopic (exact) mass is 411 g/mol. The number of allylic oxidation sites excluding steroid dienone is 1. The fraction of sp³-hybridized carbons (Fsp3) is 0.217. The summed E-state index contributed by atoms with van der Waals surface area (Å²) in [5, 5.41) is 20.4. The smallest absolute Gasteiger partial charge is 0.231 e. The molecule has 1 saturated carbocycles. The Kier molecular flexibility index (Phi) is 4.44. The van der Waals surface area contributed by atoms with Crippen molar-refractivity contribution in [1.82, 2.24) is 19.5 Å². The molecule has 0 bridgehead atoms. The van der Waals surface area contributed by atoms with Crippen LogP contribution in [0.25, 0.3) is 11.7 Å². The number of carbonyl (C=O) groups excluding carboxylic acids is 1. The van der Waals surface area contributed by atoms with Crippen LogP contribution in [0.15, 0.2) is 54.4 Å². The summed E-state index contributed by atoms with van der Waals surface area (Å²) in [6.07, 6.45) is 6.28. The predicted molar refractivity (Wildman–Crippen MR) is 119 cm³/mol. The number of anilines is 3. The van der Waals surface area contributed by atoms with Gasteiger partial charge in [-0.25, -0.2) is 4.98 Å². The number of nitrogens with zero attached hydrogens (tertiary/aromatic N) is 5. The molecule has 2 aliphatic rings. The standard InChI is InChI=1S/C23H21N7O/c1-14-16(10-22(31)29(14)2)9-17-13-25-30-21(27-19-7-8-19)11-20(28-23(17)30)26-18-5-3-15(12-24)4-6-18/h3-6,9,11,13,19,27H,1,7-8,10H2,2H3,(H,26,28)/b16-9+. The number of nitriles is 1. The zero-order valence-electron chi connectivity index (χ0n) is 17.1. The fourth-order valence-electron chi connectivity index (χ4n) is 3.53. The maximum Gasteiger partial charge on any atom is 0.231 e. The van der Waals surface area contributed by atoms with Crippen LogP contribution in [0, 0.1) is 11.3 Å². The maximum atomic E-state index is 12.0. The number of benzene rings is 1. The summed E-state index contributed by atoms with van der Waals surface area (Å²) < 4.78 is 1.79. The molecule has 1 aliphatic heterocycles. The number of fused-ring (bicyclic) bond motifs is 1. The van der Waals surface area contributed by atoms with Gasteiger partial charge in [0.05, 0.1) is 24.3 Å². The normalized spacial score (nSPS) is 17.4. The number of hydrogen-bond acceptors (Lipinski definition) is 6. The third kappa shape index (κ3) is 3.62. The van der Waals surface area contributed by atoms with Crippen LogP contribution >= 0.6 is 0 Å². The van der Waals surface area contributed by atoms with Crippen molar-refractivity contribution in [3.63, 3.8) is 0 Å². The Morgan fingerprint density at radius 3 is 2.71 bits per heavy atom. The van der Waals surface area contributed by atoms with Gasteiger partial charge in [-0.15, -0.1) is 0 Å². The fourth-order valence-corrected chi connectivity index (χ4v) is 3.53. The van der Waals surface area contributed by atoms with E-state index < -0.39 is 0 Å². The largest absolute Gasteiger partial charge is 0.367 e. The van der Waals surface area contributed by atoms with E-state index in [0.717, 1.165) is 35.5 Å². The quantitative estimate of drug-likeness (QED) is 0.665. The Hall–Kier alpha value is -4.12. The summed E-state index contributed by atoms with van der Waals surface area (Å²) in [5.74, 6) is 1.55. The number of carbonyl (C=O) groups is 1. The molecule has 1 saturated heterocycles. The first-order valence-corrected chi connectivity index (χ1v) is 10.1. The first-order chi connectivity index (χ1) is 15.0. The van der Waals surface area contributed by atoms with E-state index in [-0.39, 0.29) is 5.91 Å². The van der Waals surface area contributed by atoms with E-state index in [9.17, 15) is 4.79 Å². The highest BCUT2D eigenvalue weighted by Gasteiger charge is 2.26. The number of nitrogens with one attached hydrogen (secondary N) is 2. The molecule has 2 aromatic heterocycles. The molecule has 3 aromatic rings. The molecule has 1 amide bonds. The Bertz CT molecular complexity index is 1280. The Labute approximate surface area is 179 Å². The lowest BCUT2D eigenvalue weighted by Gasteiger charge is -2.12. The molecule has 3 heterocycles. The Morgan fingerprint density at radius 2 is 2.06 bits per heavy atom. The second-order valence-electron chi connectivity index (χ2n) is 7.84. The minimum atomic E-state index is 0.0277. The molecule has 0 unspecified atom stereocenters. The van der Waals surface area contributed by atoms with Crippen molar-refractivity contribution < 1.29 is 4.79 Å². The lowest BCUT2D eigenvalue weighted by molar-refractivity contribution is -0.125. The van der Waals surface area contributed by atoms with Gasteiger partial charge in [0.1, 0.15) is 11.6 Å². The third-order valence-corrected chi connectivity index (χ3v) is 5.54. The Balaban J connectivity index is 1.55. The molecule has 0 spiro atoms. The van der Waals surface area contributed by atoms with Crippen LogP contribution in [0.2, 0.25) is 0 Å². The predicted octanol–water partition coefficient (Wildman–Crippen LogP) is 3.68. The van der Waals surface area contributed by atoms with Crippen LogP contribution in [0.5, 0.6) is 0 Å². The molecule has 2 fully saturated rings. The van der Waals surface area contributed by atoms with E-state index in [1.54, 1.807) is 34.8 Å². The summed E-state index contributed by atoms with van der Waals surface area (Å²) in [6, 6.07) is 11.7. The van der Waals surface area contributed by atoms with E-state index >= 15 is 0 Å². The highest BCUT2D eigenvalue weighted by Crippen LogP contribution is 2.31. The van der Waals surface area contributed by atoms with Crippen molar-refractivity contribution in [2.75, 3.05) is 17.7 Å². The van der Waals surface area contributed by atoms with Gasteiger partial charge >= 0.3 is 0 Å². The number of likely N-dealkylation sites (N-methyl/N-ethyl adjacent to an activating group) is 1. The number of hydrogen-bond donors (Lipinski definition) is 2. The van der Waals surface area contributed by atoms with E-state index in [4.69, 9.17) is 10.2 Å². The van der Waals surface area contributed by atoms with E-state index in [0.29, 0.717) is 35.2 Å². The van der Waals surface area contributed by atoms with E-state index in [2.05, 4.69) is 28.4 Å². The summed E-state index contributed by atoms with van der Waals surface area (Å²) in [5.41, 5.74) is 4.51. The van der Waals surface area contributed by atoms with E-state index in [1.807, 2.05) is 24.3 Å². The van der Waals surface area contributed by atoms with Gasteiger partial charge in [0.25, 0.3) is 0 Å². The van der Waals surface area contributed by atoms with Gasteiger partial charge in [0.2, 0.25) is 5.91 Å². The van der Waals surface area contributed by atoms with Crippen LogP contribution in [0.4, 0.5) is 17.3 Å². The van der Waals surface area contributed by atoms with Crippen LogP contribution in [0.3, 0.4) is 0 Å². The third-order valence-electron chi connectivity index (χ3n) is 5.54. The summed E-state index contributed by atoms with van der Waals surface area (Å²) in [7, 11) is 1.73. The van der Waals surface area contributed by atoms with Crippen molar-refractivity contribution in [3.05, 3.63) is 65.5 Å². The number of likely N-dealkylation sites (tertiary alicyclic amines) is 1. The molecule has 0 atom stereocenters. The first kappa shape index (κ1) is 18.9. The van der Waals surface area contributed by atoms with Gasteiger partial charge in [0.15, 0.2) is 5.65 Å². The SMILES string of the molecule is C=C1/C(=C/c2cnn3c(NC4CC4)cc(Nc4ccc(C#N)cc4)nc23)CC(=O)N1C. The van der Waals surface area contributed by atoms with Gasteiger partial charge in [-0.3, -0.25) is 4.79 Å². The number of amides is 1. The molecule has 1 aromatic carbocycles. The van der Waals surface area contributed by atoms with Crippen molar-refractivity contribution in [3.8, 4) is 6.07 Å². The van der Waals surface area contributed by atoms with E-state index in [1.165, 1.54) is 0 Å². The average molecular weight is 411 g/mol. The van der Waals surface area contributed by atoms with Gasteiger partial charge < -0.3 is 15.5 Å². The molecule has 5 rings (SSSR count). The molecule has 8 heteroatoms.